The van der Waals surface area contributed by atoms with E-state index < -0.39 is 0 Å². The minimum Gasteiger partial charge on any atom is -0.409 e. The van der Waals surface area contributed by atoms with E-state index in [4.69, 9.17) is 10.9 Å². The van der Waals surface area contributed by atoms with Gasteiger partial charge in [-0.05, 0) is 46.3 Å². The lowest BCUT2D eigenvalue weighted by Crippen LogP contribution is -2.12. The number of benzene rings is 2. The van der Waals surface area contributed by atoms with Crippen LogP contribution in [-0.4, -0.2) is 11.0 Å². The summed E-state index contributed by atoms with van der Waals surface area (Å²) in [7, 11) is 0. The second-order valence-corrected chi connectivity index (χ2v) is 5.60. The Morgan fingerprint density at radius 1 is 1.21 bits per heavy atom. The zero-order valence-corrected chi connectivity index (χ0v) is 12.1. The Bertz CT molecular complexity index is 634. The van der Waals surface area contributed by atoms with Crippen LogP contribution < -0.4 is 5.73 Å². The van der Waals surface area contributed by atoms with Gasteiger partial charge in [0.1, 0.15) is 5.82 Å². The number of nitrogens with two attached hydrogens (primary N) is 1. The van der Waals surface area contributed by atoms with Gasteiger partial charge in [0.15, 0.2) is 5.84 Å². The van der Waals surface area contributed by atoms with Crippen LogP contribution in [0.25, 0.3) is 0 Å². The van der Waals surface area contributed by atoms with E-state index in [1.807, 2.05) is 0 Å². The van der Waals surface area contributed by atoms with Crippen LogP contribution in [0, 0.1) is 5.82 Å². The number of nitrogens with zero attached hydrogens (tertiary/aromatic N) is 1. The Morgan fingerprint density at radius 2 is 1.95 bits per heavy atom. The number of hydrogen-bond acceptors (Lipinski definition) is 3. The maximum atomic E-state index is 13.6. The summed E-state index contributed by atoms with van der Waals surface area (Å²) < 4.78 is 14.3. The van der Waals surface area contributed by atoms with Gasteiger partial charge in [0, 0.05) is 19.8 Å². The van der Waals surface area contributed by atoms with Crippen LogP contribution in [-0.2, 0) is 0 Å². The predicted octanol–water partition coefficient (Wildman–Crippen LogP) is 3.83. The molecule has 2 aromatic carbocycles. The van der Waals surface area contributed by atoms with Crippen molar-refractivity contribution in [1.29, 1.82) is 0 Å². The Balaban J connectivity index is 2.30. The molecular formula is C13H10BrFN2OS. The molecule has 0 atom stereocenters. The summed E-state index contributed by atoms with van der Waals surface area (Å²) in [6, 6.07) is 11.8. The van der Waals surface area contributed by atoms with Crippen LogP contribution in [0.2, 0.25) is 0 Å². The molecule has 3 N–H and O–H groups in total. The molecule has 0 heterocycles. The highest BCUT2D eigenvalue weighted by Crippen LogP contribution is 2.35. The molecule has 19 heavy (non-hydrogen) atoms. The summed E-state index contributed by atoms with van der Waals surface area (Å²) in [6.45, 7) is 0. The molecule has 0 unspecified atom stereocenters. The van der Waals surface area contributed by atoms with Crippen molar-refractivity contribution in [3.63, 3.8) is 0 Å². The van der Waals surface area contributed by atoms with Crippen molar-refractivity contribution in [3.8, 4) is 0 Å². The smallest absolute Gasteiger partial charge is 0.170 e. The molecule has 6 heteroatoms. The molecule has 0 aromatic heterocycles. The van der Waals surface area contributed by atoms with Crippen molar-refractivity contribution >= 4 is 33.5 Å². The van der Waals surface area contributed by atoms with Gasteiger partial charge in [-0.2, -0.15) is 0 Å². The lowest BCUT2D eigenvalue weighted by molar-refractivity contribution is 0.318. The van der Waals surface area contributed by atoms with Crippen LogP contribution in [0.4, 0.5) is 4.39 Å². The standard InChI is InChI=1S/C13H10BrFN2OS/c14-9-7-8(13(16)17-18)5-6-11(9)19-12-4-2-1-3-10(12)15/h1-7,18H,(H2,16,17). The van der Waals surface area contributed by atoms with E-state index in [1.165, 1.54) is 17.8 Å². The Morgan fingerprint density at radius 3 is 2.58 bits per heavy atom. The molecule has 0 amide bonds. The average molecular weight is 341 g/mol. The van der Waals surface area contributed by atoms with Gasteiger partial charge in [0.2, 0.25) is 0 Å². The summed E-state index contributed by atoms with van der Waals surface area (Å²) in [4.78, 5) is 1.39. The van der Waals surface area contributed by atoms with E-state index in [2.05, 4.69) is 21.1 Å². The summed E-state index contributed by atoms with van der Waals surface area (Å²) in [5.41, 5.74) is 6.09. The largest absolute Gasteiger partial charge is 0.409 e. The number of hydrogen-bond donors (Lipinski definition) is 2. The first-order chi connectivity index (χ1) is 9.11. The highest BCUT2D eigenvalue weighted by Gasteiger charge is 2.08. The van der Waals surface area contributed by atoms with Gasteiger partial charge in [-0.1, -0.05) is 29.1 Å². The molecule has 2 aromatic rings. The van der Waals surface area contributed by atoms with E-state index in [1.54, 1.807) is 36.4 Å². The second-order valence-electron chi connectivity index (χ2n) is 3.66. The zero-order valence-electron chi connectivity index (χ0n) is 9.68. The van der Waals surface area contributed by atoms with Crippen LogP contribution in [0.1, 0.15) is 5.56 Å². The fraction of sp³-hybridized carbons (Fsp3) is 0. The topological polar surface area (TPSA) is 58.6 Å². The first-order valence-electron chi connectivity index (χ1n) is 5.31. The Kier molecular flexibility index (Phi) is 4.44. The molecule has 0 fully saturated rings. The third-order valence-electron chi connectivity index (χ3n) is 2.39. The molecule has 0 aliphatic heterocycles. The fourth-order valence-corrected chi connectivity index (χ4v) is 2.91. The van der Waals surface area contributed by atoms with Crippen LogP contribution in [0.3, 0.4) is 0 Å². The predicted molar refractivity (Wildman–Crippen MR) is 77.2 cm³/mol. The highest BCUT2D eigenvalue weighted by atomic mass is 79.9. The molecule has 0 bridgehead atoms. The summed E-state index contributed by atoms with van der Waals surface area (Å²) in [5, 5.41) is 11.5. The minimum absolute atomic E-state index is 0.0307. The molecule has 2 rings (SSSR count). The number of amidine groups is 1. The first kappa shape index (κ1) is 13.9. The molecule has 3 nitrogen and oxygen atoms in total. The molecule has 0 aliphatic carbocycles. The van der Waals surface area contributed by atoms with Crippen LogP contribution in [0.5, 0.6) is 0 Å². The third kappa shape index (κ3) is 3.27. The molecule has 0 spiro atoms. The van der Waals surface area contributed by atoms with E-state index in [0.29, 0.717) is 10.5 Å². The number of halogens is 2. The summed E-state index contributed by atoms with van der Waals surface area (Å²) in [5.74, 6) is -0.233. The van der Waals surface area contributed by atoms with Crippen LogP contribution in [0.15, 0.2) is 61.9 Å². The lowest BCUT2D eigenvalue weighted by Gasteiger charge is -2.07. The van der Waals surface area contributed by atoms with Crippen molar-refractivity contribution in [2.45, 2.75) is 9.79 Å². The van der Waals surface area contributed by atoms with Crippen molar-refractivity contribution in [3.05, 3.63) is 58.3 Å². The summed E-state index contributed by atoms with van der Waals surface area (Å²) >= 11 is 4.69. The lowest BCUT2D eigenvalue weighted by atomic mass is 10.2. The van der Waals surface area contributed by atoms with Crippen LogP contribution >= 0.6 is 27.7 Å². The van der Waals surface area contributed by atoms with Crippen molar-refractivity contribution < 1.29 is 9.60 Å². The Labute approximate surface area is 122 Å². The molecule has 0 aliphatic rings. The van der Waals surface area contributed by atoms with Crippen molar-refractivity contribution in [2.75, 3.05) is 0 Å². The monoisotopic (exact) mass is 340 g/mol. The molecule has 98 valence electrons. The molecule has 0 radical (unpaired) electrons. The SMILES string of the molecule is N/C(=N/O)c1ccc(Sc2ccccc2F)c(Br)c1. The summed E-state index contributed by atoms with van der Waals surface area (Å²) in [6.07, 6.45) is 0. The second kappa shape index (κ2) is 6.08. The maximum Gasteiger partial charge on any atom is 0.170 e. The third-order valence-corrected chi connectivity index (χ3v) is 4.44. The quantitative estimate of drug-likeness (QED) is 0.386. The van der Waals surface area contributed by atoms with Gasteiger partial charge >= 0.3 is 0 Å². The minimum atomic E-state index is -0.264. The van der Waals surface area contributed by atoms with Crippen molar-refractivity contribution in [2.24, 2.45) is 10.9 Å². The normalized spacial score (nSPS) is 11.6. The maximum absolute atomic E-state index is 13.6. The van der Waals surface area contributed by atoms with Gasteiger partial charge in [0.25, 0.3) is 0 Å². The Hall–Kier alpha value is -1.53. The van der Waals surface area contributed by atoms with Gasteiger partial charge in [-0.25, -0.2) is 4.39 Å². The fourth-order valence-electron chi connectivity index (χ4n) is 1.45. The molecular weight excluding hydrogens is 331 g/mol. The average Bonchev–Trinajstić information content (AvgIpc) is 2.42. The van der Waals surface area contributed by atoms with E-state index in [0.717, 1.165) is 9.37 Å². The van der Waals surface area contributed by atoms with Gasteiger partial charge < -0.3 is 10.9 Å². The first-order valence-corrected chi connectivity index (χ1v) is 6.92. The van der Waals surface area contributed by atoms with Crippen molar-refractivity contribution in [1.82, 2.24) is 0 Å². The van der Waals surface area contributed by atoms with E-state index in [-0.39, 0.29) is 11.7 Å². The van der Waals surface area contributed by atoms with E-state index in [9.17, 15) is 4.39 Å². The van der Waals surface area contributed by atoms with Gasteiger partial charge in [-0.15, -0.1) is 0 Å². The number of rotatable bonds is 3. The van der Waals surface area contributed by atoms with Gasteiger partial charge in [-0.3, -0.25) is 0 Å². The highest BCUT2D eigenvalue weighted by molar-refractivity contribution is 9.10. The molecule has 0 saturated heterocycles. The van der Waals surface area contributed by atoms with E-state index >= 15 is 0 Å². The van der Waals surface area contributed by atoms with Gasteiger partial charge in [0.05, 0.1) is 0 Å². The molecule has 0 saturated carbocycles. The number of oxime groups is 1. The zero-order chi connectivity index (χ0) is 13.8.